The van der Waals surface area contributed by atoms with Crippen molar-refractivity contribution < 1.29 is 0 Å². The molecule has 0 aromatic carbocycles. The van der Waals surface area contributed by atoms with E-state index in [0.717, 1.165) is 24.2 Å². The highest BCUT2D eigenvalue weighted by atomic mass is 14.9. The molecule has 0 saturated heterocycles. The lowest BCUT2D eigenvalue weighted by molar-refractivity contribution is 0.952. The van der Waals surface area contributed by atoms with Gasteiger partial charge in [-0.2, -0.15) is 0 Å². The van der Waals surface area contributed by atoms with E-state index in [9.17, 15) is 0 Å². The Hall–Kier alpha value is -1.50. The number of nitrogens with one attached hydrogen (secondary N) is 1. The van der Waals surface area contributed by atoms with Crippen LogP contribution in [0.1, 0.15) is 19.8 Å². The number of rotatable bonds is 7. The van der Waals surface area contributed by atoms with Crippen LogP contribution in [0.2, 0.25) is 0 Å². The molecule has 0 radical (unpaired) electrons. The third-order valence-corrected chi connectivity index (χ3v) is 1.53. The van der Waals surface area contributed by atoms with Crippen molar-refractivity contribution in [1.29, 1.82) is 0 Å². The fraction of sp³-hybridized carbons (Fsp3) is 0.231. The predicted molar refractivity (Wildman–Crippen MR) is 64.8 cm³/mol. The van der Waals surface area contributed by atoms with E-state index in [1.54, 1.807) is 6.08 Å². The molecule has 0 rings (SSSR count). The van der Waals surface area contributed by atoms with Gasteiger partial charge in [-0.1, -0.05) is 51.3 Å². The summed E-state index contributed by atoms with van der Waals surface area (Å²) in [5.74, 6) is 0. The third-order valence-electron chi connectivity index (χ3n) is 1.53. The van der Waals surface area contributed by atoms with E-state index in [1.165, 1.54) is 0 Å². The summed E-state index contributed by atoms with van der Waals surface area (Å²) in [6, 6.07) is 0. The van der Waals surface area contributed by atoms with Crippen molar-refractivity contribution in [2.24, 2.45) is 0 Å². The van der Waals surface area contributed by atoms with Gasteiger partial charge in [0.2, 0.25) is 0 Å². The number of hydrogen-bond acceptors (Lipinski definition) is 1. The summed E-state index contributed by atoms with van der Waals surface area (Å²) in [6.07, 6.45) is 11.7. The van der Waals surface area contributed by atoms with Crippen molar-refractivity contribution in [1.82, 2.24) is 5.32 Å². The fourth-order valence-electron chi connectivity index (χ4n) is 0.866. The normalized spacial score (nSPS) is 10.6. The topological polar surface area (TPSA) is 12.0 Å². The van der Waals surface area contributed by atoms with Crippen molar-refractivity contribution in [2.45, 2.75) is 19.8 Å². The Morgan fingerprint density at radius 1 is 1.21 bits per heavy atom. The first-order chi connectivity index (χ1) is 6.70. The van der Waals surface area contributed by atoms with Gasteiger partial charge in [0, 0.05) is 11.4 Å². The smallest absolute Gasteiger partial charge is 0.0310 e. The summed E-state index contributed by atoms with van der Waals surface area (Å²) in [6.45, 7) is 13.4. The van der Waals surface area contributed by atoms with Gasteiger partial charge in [-0.15, -0.1) is 0 Å². The Bertz CT molecular complexity index is 256. The fourth-order valence-corrected chi connectivity index (χ4v) is 0.866. The second-order valence-corrected chi connectivity index (χ2v) is 2.96. The quantitative estimate of drug-likeness (QED) is 0.602. The lowest BCUT2D eigenvalue weighted by Crippen LogP contribution is -2.06. The molecular weight excluding hydrogens is 170 g/mol. The van der Waals surface area contributed by atoms with Crippen LogP contribution in [0.15, 0.2) is 61.5 Å². The van der Waals surface area contributed by atoms with E-state index in [-0.39, 0.29) is 0 Å². The molecule has 0 bridgehead atoms. The van der Waals surface area contributed by atoms with Crippen molar-refractivity contribution in [3.05, 3.63) is 61.5 Å². The van der Waals surface area contributed by atoms with Gasteiger partial charge in [-0.05, 0) is 18.6 Å². The molecule has 0 aliphatic rings. The Morgan fingerprint density at radius 3 is 2.43 bits per heavy atom. The second kappa shape index (κ2) is 8.11. The first kappa shape index (κ1) is 12.5. The lowest BCUT2D eigenvalue weighted by atomic mass is 10.3. The SMILES string of the molecule is C=C/C=C\C(=C)NC(=C)/C=C\CCC. The minimum Gasteiger partial charge on any atom is -0.357 e. The zero-order chi connectivity index (χ0) is 10.8. The lowest BCUT2D eigenvalue weighted by Gasteiger charge is -2.04. The van der Waals surface area contributed by atoms with Crippen LogP contribution in [-0.4, -0.2) is 0 Å². The molecule has 1 heteroatoms. The van der Waals surface area contributed by atoms with E-state index < -0.39 is 0 Å². The average molecular weight is 189 g/mol. The molecule has 0 saturated carbocycles. The van der Waals surface area contributed by atoms with Crippen LogP contribution in [-0.2, 0) is 0 Å². The summed E-state index contributed by atoms with van der Waals surface area (Å²) in [4.78, 5) is 0. The van der Waals surface area contributed by atoms with Gasteiger partial charge in [0.1, 0.15) is 0 Å². The molecule has 0 aliphatic heterocycles. The minimum atomic E-state index is 0.816. The average Bonchev–Trinajstić information content (AvgIpc) is 2.15. The maximum atomic E-state index is 3.86. The summed E-state index contributed by atoms with van der Waals surface area (Å²) >= 11 is 0. The number of unbranched alkanes of at least 4 members (excludes halogenated alkanes) is 1. The van der Waals surface area contributed by atoms with E-state index in [1.807, 2.05) is 18.2 Å². The van der Waals surface area contributed by atoms with Crippen LogP contribution in [0.4, 0.5) is 0 Å². The van der Waals surface area contributed by atoms with E-state index in [2.05, 4.69) is 38.1 Å². The number of allylic oxidation sites excluding steroid dienone is 5. The van der Waals surface area contributed by atoms with E-state index in [4.69, 9.17) is 0 Å². The third kappa shape index (κ3) is 7.17. The molecule has 0 aliphatic carbocycles. The Kier molecular flexibility index (Phi) is 7.24. The molecule has 0 aromatic rings. The van der Waals surface area contributed by atoms with Crippen LogP contribution in [0.25, 0.3) is 0 Å². The van der Waals surface area contributed by atoms with Gasteiger partial charge in [-0.3, -0.25) is 0 Å². The van der Waals surface area contributed by atoms with E-state index >= 15 is 0 Å². The molecule has 1 nitrogen and oxygen atoms in total. The maximum Gasteiger partial charge on any atom is 0.0310 e. The van der Waals surface area contributed by atoms with Crippen LogP contribution in [0.3, 0.4) is 0 Å². The van der Waals surface area contributed by atoms with E-state index in [0.29, 0.717) is 0 Å². The number of hydrogen-bond donors (Lipinski definition) is 1. The second-order valence-electron chi connectivity index (χ2n) is 2.96. The molecule has 14 heavy (non-hydrogen) atoms. The van der Waals surface area contributed by atoms with Crippen molar-refractivity contribution in [2.75, 3.05) is 0 Å². The molecule has 0 aromatic heterocycles. The van der Waals surface area contributed by atoms with Gasteiger partial charge >= 0.3 is 0 Å². The van der Waals surface area contributed by atoms with Gasteiger partial charge in [0.15, 0.2) is 0 Å². The summed E-state index contributed by atoms with van der Waals surface area (Å²) in [7, 11) is 0. The highest BCUT2D eigenvalue weighted by Crippen LogP contribution is 1.97. The monoisotopic (exact) mass is 189 g/mol. The van der Waals surface area contributed by atoms with Crippen molar-refractivity contribution in [3.63, 3.8) is 0 Å². The summed E-state index contributed by atoms with van der Waals surface area (Å²) in [5, 5.41) is 3.06. The molecule has 0 unspecified atom stereocenters. The van der Waals surface area contributed by atoms with Crippen LogP contribution < -0.4 is 5.32 Å². The van der Waals surface area contributed by atoms with Crippen molar-refractivity contribution >= 4 is 0 Å². The Morgan fingerprint density at radius 2 is 1.86 bits per heavy atom. The van der Waals surface area contributed by atoms with Gasteiger partial charge in [-0.25, -0.2) is 0 Å². The minimum absolute atomic E-state index is 0.816. The molecule has 76 valence electrons. The molecule has 0 heterocycles. The Balaban J connectivity index is 3.88. The zero-order valence-corrected chi connectivity index (χ0v) is 8.92. The Labute approximate surface area is 87.2 Å². The summed E-state index contributed by atoms with van der Waals surface area (Å²) in [5.41, 5.74) is 1.67. The first-order valence-electron chi connectivity index (χ1n) is 4.81. The molecule has 0 atom stereocenters. The molecule has 0 amide bonds. The molecule has 0 fully saturated rings. The standard InChI is InChI=1S/C13H19N/c1-5-7-9-11-13(4)14-12(3)10-8-6-2/h6,8-11,14H,2-5,7H2,1H3/b10-8-,11-9-. The van der Waals surface area contributed by atoms with Crippen LogP contribution in [0.5, 0.6) is 0 Å². The summed E-state index contributed by atoms with van der Waals surface area (Å²) < 4.78 is 0. The molecule has 0 spiro atoms. The van der Waals surface area contributed by atoms with Gasteiger partial charge in [0.25, 0.3) is 0 Å². The molecular formula is C13H19N. The maximum absolute atomic E-state index is 3.86. The predicted octanol–water partition coefficient (Wildman–Crippen LogP) is 3.70. The van der Waals surface area contributed by atoms with Gasteiger partial charge in [0.05, 0.1) is 0 Å². The largest absolute Gasteiger partial charge is 0.357 e. The van der Waals surface area contributed by atoms with Crippen LogP contribution >= 0.6 is 0 Å². The van der Waals surface area contributed by atoms with Gasteiger partial charge < -0.3 is 5.32 Å². The highest BCUT2D eigenvalue weighted by molar-refractivity contribution is 5.24. The zero-order valence-electron chi connectivity index (χ0n) is 8.92. The highest BCUT2D eigenvalue weighted by Gasteiger charge is 1.87. The van der Waals surface area contributed by atoms with Crippen molar-refractivity contribution in [3.8, 4) is 0 Å². The molecule has 1 N–H and O–H groups in total. The van der Waals surface area contributed by atoms with Crippen LogP contribution in [0, 0.1) is 0 Å². The first-order valence-corrected chi connectivity index (χ1v) is 4.81.